The van der Waals surface area contributed by atoms with Gasteiger partial charge in [-0.15, -0.1) is 6.42 Å². The van der Waals surface area contributed by atoms with Crippen molar-refractivity contribution in [2.45, 2.75) is 19.0 Å². The van der Waals surface area contributed by atoms with Crippen LogP contribution in [0.25, 0.3) is 0 Å². The second kappa shape index (κ2) is 3.02. The molecule has 0 N–H and O–H groups in total. The number of nitrogens with zero attached hydrogens (tertiary/aromatic N) is 1. The molecule has 1 aliphatic carbocycles. The van der Waals surface area contributed by atoms with Gasteiger partial charge in [0, 0.05) is 19.0 Å². The van der Waals surface area contributed by atoms with Crippen molar-refractivity contribution in [3.8, 4) is 12.3 Å². The minimum Gasteiger partial charge on any atom is -0.331 e. The third-order valence-electron chi connectivity index (χ3n) is 3.18. The van der Waals surface area contributed by atoms with Crippen LogP contribution in [0.1, 0.15) is 12.8 Å². The Morgan fingerprint density at radius 3 is 2.85 bits per heavy atom. The average molecular weight is 181 g/mol. The van der Waals surface area contributed by atoms with Gasteiger partial charge in [0.05, 0.1) is 0 Å². The first kappa shape index (κ1) is 8.55. The number of rotatable bonds is 0. The molecule has 2 rings (SSSR count). The second-order valence-electron chi connectivity index (χ2n) is 3.87. The summed E-state index contributed by atoms with van der Waals surface area (Å²) >= 11 is 0. The minimum absolute atomic E-state index is 0.0531. The summed E-state index contributed by atoms with van der Waals surface area (Å²) in [5.74, 6) is 2.19. The van der Waals surface area contributed by atoms with Crippen molar-refractivity contribution in [2.75, 3.05) is 13.1 Å². The lowest BCUT2D eigenvalue weighted by molar-refractivity contribution is -0.124. The number of likely N-dealkylation sites (tertiary alicyclic amines) is 1. The van der Waals surface area contributed by atoms with E-state index in [1.165, 1.54) is 0 Å². The number of alkyl halides is 1. The van der Waals surface area contributed by atoms with Gasteiger partial charge in [0.25, 0.3) is 5.91 Å². The molecular formula is C10H12FNO. The Bertz CT molecular complexity index is 271. The van der Waals surface area contributed by atoms with Crippen LogP contribution in [0.2, 0.25) is 0 Å². The van der Waals surface area contributed by atoms with Gasteiger partial charge in [-0.25, -0.2) is 4.39 Å². The highest BCUT2D eigenvalue weighted by Gasteiger charge is 2.43. The number of carbonyl (C=O) groups excluding carboxylic acids is 1. The second-order valence-corrected chi connectivity index (χ2v) is 3.87. The maximum absolute atomic E-state index is 13.2. The van der Waals surface area contributed by atoms with Gasteiger partial charge in [-0.05, 0) is 24.7 Å². The normalized spacial score (nSPS) is 37.2. The molecule has 0 radical (unpaired) electrons. The molecule has 13 heavy (non-hydrogen) atoms. The van der Waals surface area contributed by atoms with Crippen LogP contribution in [0.3, 0.4) is 0 Å². The van der Waals surface area contributed by atoms with Gasteiger partial charge < -0.3 is 4.90 Å². The summed E-state index contributed by atoms with van der Waals surface area (Å²) in [4.78, 5) is 12.7. The van der Waals surface area contributed by atoms with Crippen LogP contribution < -0.4 is 0 Å². The highest BCUT2D eigenvalue weighted by atomic mass is 19.1. The van der Waals surface area contributed by atoms with E-state index in [1.54, 1.807) is 4.90 Å². The zero-order chi connectivity index (χ0) is 9.42. The molecule has 0 aromatic heterocycles. The van der Waals surface area contributed by atoms with Crippen LogP contribution in [-0.2, 0) is 4.79 Å². The molecule has 1 heterocycles. The maximum atomic E-state index is 13.2. The summed E-state index contributed by atoms with van der Waals surface area (Å²) in [6, 6.07) is 0. The summed E-state index contributed by atoms with van der Waals surface area (Å²) in [7, 11) is 0. The van der Waals surface area contributed by atoms with E-state index in [0.29, 0.717) is 25.4 Å². The first-order chi connectivity index (χ1) is 6.22. The van der Waals surface area contributed by atoms with E-state index in [1.807, 2.05) is 0 Å². The number of terminal acetylenes is 1. The molecular weight excluding hydrogens is 169 g/mol. The van der Waals surface area contributed by atoms with Gasteiger partial charge in [0.1, 0.15) is 6.17 Å². The number of hydrogen-bond donors (Lipinski definition) is 0. The van der Waals surface area contributed by atoms with E-state index in [4.69, 9.17) is 6.42 Å². The van der Waals surface area contributed by atoms with Gasteiger partial charge in [-0.3, -0.25) is 4.79 Å². The third kappa shape index (κ3) is 1.31. The summed E-state index contributed by atoms with van der Waals surface area (Å²) in [6.07, 6.45) is 5.84. The smallest absolute Gasteiger partial charge is 0.298 e. The van der Waals surface area contributed by atoms with Gasteiger partial charge in [-0.1, -0.05) is 0 Å². The van der Waals surface area contributed by atoms with Gasteiger partial charge >= 0.3 is 0 Å². The summed E-state index contributed by atoms with van der Waals surface area (Å²) in [5.41, 5.74) is 0. The fraction of sp³-hybridized carbons (Fsp3) is 0.700. The monoisotopic (exact) mass is 181 g/mol. The number of halogens is 1. The predicted molar refractivity (Wildman–Crippen MR) is 46.5 cm³/mol. The van der Waals surface area contributed by atoms with E-state index in [0.717, 1.165) is 6.42 Å². The molecule has 0 aromatic carbocycles. The molecule has 3 atom stereocenters. The molecule has 1 aliphatic heterocycles. The Labute approximate surface area is 77.1 Å². The zero-order valence-corrected chi connectivity index (χ0v) is 7.37. The molecule has 70 valence electrons. The van der Waals surface area contributed by atoms with Crippen LogP contribution in [-0.4, -0.2) is 30.1 Å². The molecule has 0 spiro atoms. The van der Waals surface area contributed by atoms with Crippen LogP contribution in [0.5, 0.6) is 0 Å². The van der Waals surface area contributed by atoms with Crippen LogP contribution in [0, 0.1) is 24.2 Å². The lowest BCUT2D eigenvalue weighted by Crippen LogP contribution is -2.29. The Hall–Kier alpha value is -1.04. The quantitative estimate of drug-likeness (QED) is 0.507. The van der Waals surface area contributed by atoms with Crippen LogP contribution in [0.4, 0.5) is 4.39 Å². The minimum atomic E-state index is -0.722. The van der Waals surface area contributed by atoms with Crippen LogP contribution in [0.15, 0.2) is 0 Å². The fourth-order valence-corrected chi connectivity index (χ4v) is 2.46. The number of hydrogen-bond acceptors (Lipinski definition) is 1. The van der Waals surface area contributed by atoms with Gasteiger partial charge in [-0.2, -0.15) is 0 Å². The van der Waals surface area contributed by atoms with Crippen molar-refractivity contribution in [1.82, 2.24) is 4.90 Å². The lowest BCUT2D eigenvalue weighted by Gasteiger charge is -2.14. The summed E-state index contributed by atoms with van der Waals surface area (Å²) < 4.78 is 13.2. The highest BCUT2D eigenvalue weighted by molar-refractivity contribution is 5.93. The first-order valence-electron chi connectivity index (χ1n) is 4.62. The Kier molecular flexibility index (Phi) is 1.99. The van der Waals surface area contributed by atoms with Gasteiger partial charge in [0.15, 0.2) is 0 Å². The van der Waals surface area contributed by atoms with E-state index in [-0.39, 0.29) is 11.8 Å². The summed E-state index contributed by atoms with van der Waals surface area (Å²) in [6.45, 7) is 1.18. The molecule has 2 fully saturated rings. The number of fused-ring (bicyclic) bond motifs is 1. The Balaban J connectivity index is 2.03. The molecule has 1 amide bonds. The van der Waals surface area contributed by atoms with Crippen molar-refractivity contribution in [3.05, 3.63) is 0 Å². The van der Waals surface area contributed by atoms with E-state index in [2.05, 4.69) is 5.92 Å². The number of amides is 1. The molecule has 2 nitrogen and oxygen atoms in total. The Morgan fingerprint density at radius 2 is 2.23 bits per heavy atom. The molecule has 3 heteroatoms. The van der Waals surface area contributed by atoms with Crippen molar-refractivity contribution in [2.24, 2.45) is 11.8 Å². The van der Waals surface area contributed by atoms with Crippen molar-refractivity contribution in [3.63, 3.8) is 0 Å². The topological polar surface area (TPSA) is 20.3 Å². The summed E-state index contributed by atoms with van der Waals surface area (Å²) in [5, 5.41) is 0. The maximum Gasteiger partial charge on any atom is 0.298 e. The average Bonchev–Trinajstić information content (AvgIpc) is 2.67. The number of carbonyl (C=O) groups is 1. The molecule has 2 aliphatic rings. The van der Waals surface area contributed by atoms with E-state index < -0.39 is 6.17 Å². The van der Waals surface area contributed by atoms with Crippen LogP contribution >= 0.6 is 0 Å². The van der Waals surface area contributed by atoms with Crippen molar-refractivity contribution in [1.29, 1.82) is 0 Å². The molecule has 1 saturated carbocycles. The lowest BCUT2D eigenvalue weighted by atomic mass is 10.0. The molecule has 1 saturated heterocycles. The standard InChI is InChI=1S/C10H12FNO/c1-2-10(13)12-5-7-3-4-9(11)8(7)6-12/h1,7-9H,3-6H2. The van der Waals surface area contributed by atoms with E-state index >= 15 is 0 Å². The van der Waals surface area contributed by atoms with Crippen molar-refractivity contribution >= 4 is 5.91 Å². The molecule has 0 bridgehead atoms. The zero-order valence-electron chi connectivity index (χ0n) is 7.37. The predicted octanol–water partition coefficient (Wildman–Crippen LogP) is 0.826. The van der Waals surface area contributed by atoms with E-state index in [9.17, 15) is 9.18 Å². The third-order valence-corrected chi connectivity index (χ3v) is 3.18. The largest absolute Gasteiger partial charge is 0.331 e. The highest BCUT2D eigenvalue weighted by Crippen LogP contribution is 2.39. The van der Waals surface area contributed by atoms with Crippen molar-refractivity contribution < 1.29 is 9.18 Å². The fourth-order valence-electron chi connectivity index (χ4n) is 2.46. The molecule has 0 aromatic rings. The Morgan fingerprint density at radius 1 is 1.46 bits per heavy atom. The first-order valence-corrected chi connectivity index (χ1v) is 4.62. The molecule has 3 unspecified atom stereocenters. The van der Waals surface area contributed by atoms with Gasteiger partial charge in [0.2, 0.25) is 0 Å². The SMILES string of the molecule is C#CC(=O)N1CC2CCC(F)C2C1.